The number of methoxy groups -OCH3 is 2. The number of rotatable bonds is 8. The molecule has 0 radical (unpaired) electrons. The van der Waals surface area contributed by atoms with Crippen molar-refractivity contribution < 1.29 is 32.2 Å². The molecule has 29 heavy (non-hydrogen) atoms. The predicted molar refractivity (Wildman–Crippen MR) is 104 cm³/mol. The quantitative estimate of drug-likeness (QED) is 0.611. The lowest BCUT2D eigenvalue weighted by Crippen LogP contribution is -2.35. The highest BCUT2D eigenvalue weighted by Crippen LogP contribution is 2.23. The normalized spacial score (nSPS) is 12.0. The summed E-state index contributed by atoms with van der Waals surface area (Å²) in [7, 11) is -1.16. The minimum atomic E-state index is -4.02. The number of esters is 1. The highest BCUT2D eigenvalue weighted by atomic mass is 32.2. The molecule has 1 unspecified atom stereocenters. The second kappa shape index (κ2) is 9.39. The Morgan fingerprint density at radius 2 is 1.72 bits per heavy atom. The molecule has 2 rings (SSSR count). The van der Waals surface area contributed by atoms with Crippen molar-refractivity contribution in [1.82, 2.24) is 5.32 Å². The molecule has 0 saturated carbocycles. The van der Waals surface area contributed by atoms with Crippen LogP contribution in [0.3, 0.4) is 0 Å². The molecule has 0 fully saturated rings. The van der Waals surface area contributed by atoms with Gasteiger partial charge in [-0.15, -0.1) is 0 Å². The molecule has 0 aliphatic rings. The Morgan fingerprint density at radius 1 is 1.07 bits per heavy atom. The van der Waals surface area contributed by atoms with E-state index in [4.69, 9.17) is 19.3 Å². The van der Waals surface area contributed by atoms with Gasteiger partial charge in [0.1, 0.15) is 17.1 Å². The lowest BCUT2D eigenvalue weighted by atomic mass is 10.2. The molecule has 3 N–H and O–H groups in total. The smallest absolute Gasteiger partial charge is 0.342 e. The van der Waals surface area contributed by atoms with E-state index in [9.17, 15) is 18.0 Å². The van der Waals surface area contributed by atoms with E-state index in [-0.39, 0.29) is 22.8 Å². The van der Waals surface area contributed by atoms with E-state index < -0.39 is 28.0 Å². The summed E-state index contributed by atoms with van der Waals surface area (Å²) in [4.78, 5) is 24.4. The number of hydrogen-bond acceptors (Lipinski definition) is 7. The zero-order valence-electron chi connectivity index (χ0n) is 16.2. The lowest BCUT2D eigenvalue weighted by molar-refractivity contribution is -0.129. The third kappa shape index (κ3) is 5.93. The fourth-order valence-electron chi connectivity index (χ4n) is 2.38. The molecular formula is C19H22N2O7S. The molecule has 0 spiro atoms. The van der Waals surface area contributed by atoms with Crippen LogP contribution in [0.2, 0.25) is 0 Å². The Labute approximate surface area is 168 Å². The third-order valence-corrected chi connectivity index (χ3v) is 4.91. The first kappa shape index (κ1) is 22.2. The summed E-state index contributed by atoms with van der Waals surface area (Å²) in [6.45, 7) is 1.63. The van der Waals surface area contributed by atoms with Crippen LogP contribution in [0.15, 0.2) is 47.4 Å². The fraction of sp³-hybridized carbons (Fsp3) is 0.263. The zero-order chi connectivity index (χ0) is 21.6. The van der Waals surface area contributed by atoms with Gasteiger partial charge in [-0.25, -0.2) is 18.4 Å². The van der Waals surface area contributed by atoms with E-state index in [2.05, 4.69) is 5.32 Å². The van der Waals surface area contributed by atoms with Crippen molar-refractivity contribution in [2.24, 2.45) is 5.14 Å². The number of benzene rings is 2. The molecule has 0 heterocycles. The van der Waals surface area contributed by atoms with E-state index in [0.717, 1.165) is 11.6 Å². The number of primary sulfonamides is 1. The molecule has 156 valence electrons. The van der Waals surface area contributed by atoms with Crippen LogP contribution in [0.25, 0.3) is 0 Å². The molecule has 0 aliphatic carbocycles. The Kier molecular flexibility index (Phi) is 7.18. The summed E-state index contributed by atoms with van der Waals surface area (Å²) in [5.74, 6) is -0.651. The van der Waals surface area contributed by atoms with Gasteiger partial charge < -0.3 is 19.5 Å². The van der Waals surface area contributed by atoms with E-state index in [1.807, 2.05) is 0 Å². The van der Waals surface area contributed by atoms with Gasteiger partial charge in [0, 0.05) is 6.54 Å². The van der Waals surface area contributed by atoms with Gasteiger partial charge in [0.25, 0.3) is 5.91 Å². The van der Waals surface area contributed by atoms with Crippen LogP contribution in [0.5, 0.6) is 11.5 Å². The van der Waals surface area contributed by atoms with Crippen LogP contribution in [0.1, 0.15) is 22.8 Å². The van der Waals surface area contributed by atoms with E-state index in [1.165, 1.54) is 26.2 Å². The van der Waals surface area contributed by atoms with Gasteiger partial charge in [-0.3, -0.25) is 4.79 Å². The Bertz CT molecular complexity index is 988. The molecule has 2 aromatic rings. The maximum Gasteiger partial charge on any atom is 0.342 e. The molecule has 0 saturated heterocycles. The topological polar surface area (TPSA) is 134 Å². The second-order valence-corrected chi connectivity index (χ2v) is 7.58. The number of amides is 1. The minimum Gasteiger partial charge on any atom is -0.497 e. The molecule has 9 nitrogen and oxygen atoms in total. The van der Waals surface area contributed by atoms with Crippen molar-refractivity contribution in [3.05, 3.63) is 53.6 Å². The second-order valence-electron chi connectivity index (χ2n) is 6.02. The average molecular weight is 422 g/mol. The van der Waals surface area contributed by atoms with Crippen molar-refractivity contribution in [2.45, 2.75) is 24.5 Å². The first-order valence-electron chi connectivity index (χ1n) is 8.48. The van der Waals surface area contributed by atoms with Gasteiger partial charge >= 0.3 is 5.97 Å². The minimum absolute atomic E-state index is 0.0910. The average Bonchev–Trinajstić information content (AvgIpc) is 2.70. The molecule has 2 aromatic carbocycles. The predicted octanol–water partition coefficient (Wildman–Crippen LogP) is 1.21. The first-order chi connectivity index (χ1) is 13.7. The summed E-state index contributed by atoms with van der Waals surface area (Å²) >= 11 is 0. The zero-order valence-corrected chi connectivity index (χ0v) is 17.0. The molecule has 1 atom stereocenters. The molecule has 10 heteroatoms. The Balaban J connectivity index is 2.04. The Hall–Kier alpha value is -3.11. The highest BCUT2D eigenvalue weighted by Gasteiger charge is 2.23. The fourth-order valence-corrected chi connectivity index (χ4v) is 2.92. The highest BCUT2D eigenvalue weighted by molar-refractivity contribution is 7.89. The van der Waals surface area contributed by atoms with Gasteiger partial charge in [0.15, 0.2) is 6.10 Å². The third-order valence-electron chi connectivity index (χ3n) is 4.00. The largest absolute Gasteiger partial charge is 0.497 e. The number of hydrogen-bond donors (Lipinski definition) is 2. The monoisotopic (exact) mass is 422 g/mol. The van der Waals surface area contributed by atoms with Gasteiger partial charge in [-0.1, -0.05) is 12.1 Å². The lowest BCUT2D eigenvalue weighted by Gasteiger charge is -2.15. The van der Waals surface area contributed by atoms with Crippen molar-refractivity contribution in [3.8, 4) is 11.5 Å². The number of nitrogens with two attached hydrogens (primary N) is 1. The standard InChI is InChI=1S/C19H22N2O7S/c1-12(18(22)21-11-13-4-6-14(26-2)7-5-13)28-19(23)16-10-15(29(20,24)25)8-9-17(16)27-3/h4-10,12H,11H2,1-3H3,(H,21,22)(H2,20,24,25). The number of nitrogens with one attached hydrogen (secondary N) is 1. The summed E-state index contributed by atoms with van der Waals surface area (Å²) in [5.41, 5.74) is 0.675. The van der Waals surface area contributed by atoms with Crippen LogP contribution >= 0.6 is 0 Å². The van der Waals surface area contributed by atoms with Crippen LogP contribution in [0.4, 0.5) is 0 Å². The van der Waals surface area contributed by atoms with Gasteiger partial charge in [0.2, 0.25) is 10.0 Å². The van der Waals surface area contributed by atoms with Gasteiger partial charge in [-0.2, -0.15) is 0 Å². The number of sulfonamides is 1. The van der Waals surface area contributed by atoms with Gasteiger partial charge in [0.05, 0.1) is 19.1 Å². The number of carbonyl (C=O) groups is 2. The molecular weight excluding hydrogens is 400 g/mol. The van der Waals surface area contributed by atoms with Crippen LogP contribution in [-0.2, 0) is 26.1 Å². The van der Waals surface area contributed by atoms with Crippen molar-refractivity contribution in [2.75, 3.05) is 14.2 Å². The van der Waals surface area contributed by atoms with Gasteiger partial charge in [-0.05, 0) is 42.8 Å². The number of carbonyl (C=O) groups excluding carboxylic acids is 2. The summed E-state index contributed by atoms with van der Waals surface area (Å²) in [5, 5.41) is 7.74. The summed E-state index contributed by atoms with van der Waals surface area (Å²) < 4.78 is 38.3. The molecule has 0 bridgehead atoms. The first-order valence-corrected chi connectivity index (χ1v) is 10.0. The molecule has 1 amide bonds. The molecule has 0 aromatic heterocycles. The van der Waals surface area contributed by atoms with E-state index in [1.54, 1.807) is 31.4 Å². The van der Waals surface area contributed by atoms with Crippen molar-refractivity contribution in [3.63, 3.8) is 0 Å². The maximum absolute atomic E-state index is 12.4. The van der Waals surface area contributed by atoms with E-state index >= 15 is 0 Å². The van der Waals surface area contributed by atoms with E-state index in [0.29, 0.717) is 5.75 Å². The SMILES string of the molecule is COc1ccc(CNC(=O)C(C)OC(=O)c2cc(S(N)(=O)=O)ccc2OC)cc1. The van der Waals surface area contributed by atoms with Crippen LogP contribution in [-0.4, -0.2) is 40.6 Å². The summed E-state index contributed by atoms with van der Waals surface area (Å²) in [6.07, 6.45) is -1.12. The van der Waals surface area contributed by atoms with Crippen molar-refractivity contribution in [1.29, 1.82) is 0 Å². The molecule has 0 aliphatic heterocycles. The van der Waals surface area contributed by atoms with Crippen molar-refractivity contribution >= 4 is 21.9 Å². The van der Waals surface area contributed by atoms with Crippen LogP contribution in [0, 0.1) is 0 Å². The summed E-state index contributed by atoms with van der Waals surface area (Å²) in [6, 6.07) is 10.6. The van der Waals surface area contributed by atoms with Crippen LogP contribution < -0.4 is 19.9 Å². The maximum atomic E-state index is 12.4. The Morgan fingerprint density at radius 3 is 2.28 bits per heavy atom. The number of ether oxygens (including phenoxy) is 3.